The molecule has 1 saturated carbocycles. The summed E-state index contributed by atoms with van der Waals surface area (Å²) in [5.41, 5.74) is 2.16. The van der Waals surface area contributed by atoms with E-state index in [1.807, 2.05) is 60.7 Å². The largest absolute Gasteiger partial charge is 0.469 e. The molecule has 2 N–H and O–H groups in total. The predicted molar refractivity (Wildman–Crippen MR) is 120 cm³/mol. The van der Waals surface area contributed by atoms with E-state index in [1.165, 1.54) is 0 Å². The fraction of sp³-hybridized carbons (Fsp3) is 0.200. The zero-order valence-electron chi connectivity index (χ0n) is 17.6. The van der Waals surface area contributed by atoms with Gasteiger partial charge in [0.2, 0.25) is 0 Å². The zero-order chi connectivity index (χ0) is 22.1. The molecule has 7 nitrogen and oxygen atoms in total. The summed E-state index contributed by atoms with van der Waals surface area (Å²) in [4.78, 5) is 27.0. The number of hydrogen-bond donors (Lipinski definition) is 2. The highest BCUT2D eigenvalue weighted by atomic mass is 16.3. The van der Waals surface area contributed by atoms with Crippen LogP contribution in [0.4, 0.5) is 10.5 Å². The molecule has 0 radical (unpaired) electrons. The number of urea groups is 1. The van der Waals surface area contributed by atoms with Gasteiger partial charge in [-0.3, -0.25) is 4.79 Å². The molecule has 1 aliphatic carbocycles. The highest BCUT2D eigenvalue weighted by molar-refractivity contribution is 5.96. The van der Waals surface area contributed by atoms with Gasteiger partial charge in [-0.05, 0) is 42.3 Å². The van der Waals surface area contributed by atoms with Crippen LogP contribution in [0.1, 0.15) is 34.2 Å². The van der Waals surface area contributed by atoms with E-state index >= 15 is 0 Å². The molecule has 2 heterocycles. The summed E-state index contributed by atoms with van der Waals surface area (Å²) in [6, 6.07) is 20.3. The molecule has 0 saturated heterocycles. The number of carbonyl (C=O) groups is 2. The molecule has 2 aromatic carbocycles. The third-order valence-corrected chi connectivity index (χ3v) is 5.67. The van der Waals surface area contributed by atoms with Crippen molar-refractivity contribution in [2.45, 2.75) is 24.9 Å². The van der Waals surface area contributed by atoms with E-state index in [9.17, 15) is 9.59 Å². The van der Waals surface area contributed by atoms with Gasteiger partial charge in [-0.15, -0.1) is 0 Å². The van der Waals surface area contributed by atoms with Crippen LogP contribution in [0, 0.1) is 0 Å². The maximum atomic E-state index is 12.9. The molecule has 2 atom stereocenters. The number of fused-ring (bicyclic) bond motifs is 1. The molecular formula is C25H23N3O4. The highest BCUT2D eigenvalue weighted by Gasteiger charge is 2.41. The van der Waals surface area contributed by atoms with E-state index in [-0.39, 0.29) is 29.7 Å². The number of nitrogens with zero attached hydrogens (tertiary/aromatic N) is 1. The minimum atomic E-state index is -0.275. The fourth-order valence-electron chi connectivity index (χ4n) is 3.88. The molecule has 3 amide bonds. The highest BCUT2D eigenvalue weighted by Crippen LogP contribution is 2.40. The minimum absolute atomic E-state index is 0.0608. The van der Waals surface area contributed by atoms with Gasteiger partial charge in [0.1, 0.15) is 11.3 Å². The topological polar surface area (TPSA) is 87.7 Å². The summed E-state index contributed by atoms with van der Waals surface area (Å²) in [5.74, 6) is 1.18. The van der Waals surface area contributed by atoms with Gasteiger partial charge >= 0.3 is 6.03 Å². The average molecular weight is 429 g/mol. The van der Waals surface area contributed by atoms with Crippen LogP contribution in [0.3, 0.4) is 0 Å². The summed E-state index contributed by atoms with van der Waals surface area (Å²) in [7, 11) is 1.71. The maximum absolute atomic E-state index is 12.9. The third-order valence-electron chi connectivity index (χ3n) is 5.67. The number of hydrogen-bond acceptors (Lipinski definition) is 4. The van der Waals surface area contributed by atoms with Crippen LogP contribution in [0.15, 0.2) is 81.8 Å². The van der Waals surface area contributed by atoms with Crippen molar-refractivity contribution in [3.8, 4) is 0 Å². The van der Waals surface area contributed by atoms with Crippen molar-refractivity contribution in [1.29, 1.82) is 0 Å². The molecular weight excluding hydrogens is 406 g/mol. The molecule has 0 bridgehead atoms. The number of carbonyl (C=O) groups excluding carboxylic acids is 2. The molecule has 0 spiro atoms. The molecule has 5 rings (SSSR count). The molecule has 32 heavy (non-hydrogen) atoms. The first kappa shape index (κ1) is 19.9. The minimum Gasteiger partial charge on any atom is -0.469 e. The van der Waals surface area contributed by atoms with Crippen LogP contribution in [-0.2, 0) is 6.54 Å². The lowest BCUT2D eigenvalue weighted by Gasteiger charge is -2.18. The van der Waals surface area contributed by atoms with Crippen molar-refractivity contribution >= 4 is 28.6 Å². The normalized spacial score (nSPS) is 17.2. The molecule has 162 valence electrons. The number of furan rings is 2. The summed E-state index contributed by atoms with van der Waals surface area (Å²) >= 11 is 0. The first-order valence-corrected chi connectivity index (χ1v) is 10.5. The van der Waals surface area contributed by atoms with Crippen molar-refractivity contribution in [2.24, 2.45) is 0 Å². The second-order valence-electron chi connectivity index (χ2n) is 8.03. The van der Waals surface area contributed by atoms with Gasteiger partial charge in [0, 0.05) is 36.6 Å². The number of benzene rings is 2. The maximum Gasteiger partial charge on any atom is 0.319 e. The summed E-state index contributed by atoms with van der Waals surface area (Å²) < 4.78 is 11.1. The number of amides is 3. The van der Waals surface area contributed by atoms with Gasteiger partial charge in [0.05, 0.1) is 6.26 Å². The Morgan fingerprint density at radius 1 is 1.06 bits per heavy atom. The molecule has 1 aliphatic rings. The zero-order valence-corrected chi connectivity index (χ0v) is 17.6. The second kappa shape index (κ2) is 8.26. The molecule has 0 aliphatic heterocycles. The summed E-state index contributed by atoms with van der Waals surface area (Å²) in [6.45, 7) is 0.324. The molecule has 1 fully saturated rings. The first-order valence-electron chi connectivity index (χ1n) is 10.5. The molecule has 2 aromatic heterocycles. The number of rotatable bonds is 6. The molecule has 7 heteroatoms. The average Bonchev–Trinajstić information content (AvgIpc) is 3.19. The van der Waals surface area contributed by atoms with Crippen LogP contribution < -0.4 is 10.6 Å². The van der Waals surface area contributed by atoms with Crippen molar-refractivity contribution in [3.63, 3.8) is 0 Å². The van der Waals surface area contributed by atoms with Crippen molar-refractivity contribution in [2.75, 3.05) is 12.4 Å². The van der Waals surface area contributed by atoms with E-state index in [1.54, 1.807) is 24.3 Å². The van der Waals surface area contributed by atoms with E-state index < -0.39 is 0 Å². The van der Waals surface area contributed by atoms with Crippen LogP contribution in [0.5, 0.6) is 0 Å². The lowest BCUT2D eigenvalue weighted by atomic mass is 10.1. The lowest BCUT2D eigenvalue weighted by Crippen LogP contribution is -2.32. The Bertz CT molecular complexity index is 1230. The van der Waals surface area contributed by atoms with Crippen molar-refractivity contribution in [3.05, 3.63) is 90.1 Å². The van der Waals surface area contributed by atoms with Gasteiger partial charge in [-0.1, -0.05) is 36.4 Å². The third kappa shape index (κ3) is 4.09. The fourth-order valence-corrected chi connectivity index (χ4v) is 3.88. The smallest absolute Gasteiger partial charge is 0.319 e. The first-order chi connectivity index (χ1) is 15.6. The van der Waals surface area contributed by atoms with E-state index in [0.717, 1.165) is 23.1 Å². The van der Waals surface area contributed by atoms with Crippen LogP contribution in [0.2, 0.25) is 0 Å². The molecule has 0 unspecified atom stereocenters. The van der Waals surface area contributed by atoms with Crippen molar-refractivity contribution in [1.82, 2.24) is 10.2 Å². The Hall–Kier alpha value is -4.00. The number of para-hydroxylation sites is 2. The standard InChI is InChI=1S/C25H23N3O4/c1-28(24(29)23-13-16-7-3-5-10-21(16)32-23)15-17-8-2-4-9-19(17)26-25(30)27-20-14-18(20)22-11-6-12-31-22/h2-13,18,20H,14-15H2,1H3,(H2,26,27,30)/t18-,20-/m1/s1. The lowest BCUT2D eigenvalue weighted by molar-refractivity contribution is 0.0756. The monoisotopic (exact) mass is 429 g/mol. The second-order valence-corrected chi connectivity index (χ2v) is 8.03. The van der Waals surface area contributed by atoms with Crippen LogP contribution in [-0.4, -0.2) is 29.9 Å². The Morgan fingerprint density at radius 3 is 2.69 bits per heavy atom. The Kier molecular flexibility index (Phi) is 5.15. The number of nitrogens with one attached hydrogen (secondary N) is 2. The molecule has 4 aromatic rings. The van der Waals surface area contributed by atoms with Gasteiger partial charge in [-0.2, -0.15) is 0 Å². The quantitative estimate of drug-likeness (QED) is 0.453. The van der Waals surface area contributed by atoms with Gasteiger partial charge in [0.15, 0.2) is 5.76 Å². The Labute approximate surface area is 185 Å². The van der Waals surface area contributed by atoms with Gasteiger partial charge in [0.25, 0.3) is 5.91 Å². The summed E-state index contributed by atoms with van der Waals surface area (Å²) in [5, 5.41) is 6.78. The summed E-state index contributed by atoms with van der Waals surface area (Å²) in [6.07, 6.45) is 2.50. The van der Waals surface area contributed by atoms with E-state index in [2.05, 4.69) is 10.6 Å². The van der Waals surface area contributed by atoms with Crippen molar-refractivity contribution < 1.29 is 18.4 Å². The van der Waals surface area contributed by atoms with Gasteiger partial charge < -0.3 is 24.4 Å². The van der Waals surface area contributed by atoms with Gasteiger partial charge in [-0.25, -0.2) is 4.79 Å². The number of anilines is 1. The van der Waals surface area contributed by atoms with Crippen LogP contribution >= 0.6 is 0 Å². The van der Waals surface area contributed by atoms with Crippen LogP contribution in [0.25, 0.3) is 11.0 Å². The van der Waals surface area contributed by atoms with E-state index in [0.29, 0.717) is 17.8 Å². The SMILES string of the molecule is CN(Cc1ccccc1NC(=O)N[C@@H]1C[C@H]1c1ccco1)C(=O)c1cc2ccccc2o1. The van der Waals surface area contributed by atoms with E-state index in [4.69, 9.17) is 8.83 Å². The predicted octanol–water partition coefficient (Wildman–Crippen LogP) is 4.98. The Balaban J connectivity index is 1.23. The Morgan fingerprint density at radius 2 is 1.88 bits per heavy atom.